The minimum atomic E-state index is -0.996. The van der Waals surface area contributed by atoms with Crippen LogP contribution >= 0.6 is 0 Å². The molecule has 0 spiro atoms. The highest BCUT2D eigenvalue weighted by Crippen LogP contribution is 2.27. The second-order valence-electron chi connectivity index (χ2n) is 10.1. The van der Waals surface area contributed by atoms with E-state index in [1.807, 2.05) is 37.3 Å². The van der Waals surface area contributed by atoms with Gasteiger partial charge in [-0.25, -0.2) is 4.79 Å². The van der Waals surface area contributed by atoms with Crippen molar-refractivity contribution in [2.75, 3.05) is 11.9 Å². The summed E-state index contributed by atoms with van der Waals surface area (Å²) in [5.74, 6) is -0.436. The van der Waals surface area contributed by atoms with Gasteiger partial charge in [0.15, 0.2) is 5.78 Å². The average molecular weight is 559 g/mol. The zero-order valence-electron chi connectivity index (χ0n) is 23.8. The summed E-state index contributed by atoms with van der Waals surface area (Å²) in [6.45, 7) is 5.36. The minimum Gasteiger partial charge on any atom is -0.492 e. The molecule has 1 atom stereocenters. The van der Waals surface area contributed by atoms with Gasteiger partial charge in [0.2, 0.25) is 0 Å². The summed E-state index contributed by atoms with van der Waals surface area (Å²) in [5, 5.41) is 14.3. The summed E-state index contributed by atoms with van der Waals surface area (Å²) in [6.07, 6.45) is 4.45. The Kier molecular flexibility index (Phi) is 8.83. The van der Waals surface area contributed by atoms with Crippen LogP contribution in [0.4, 0.5) is 5.69 Å². The van der Waals surface area contributed by atoms with E-state index in [2.05, 4.69) is 53.2 Å². The van der Waals surface area contributed by atoms with E-state index < -0.39 is 12.0 Å². The first-order valence-corrected chi connectivity index (χ1v) is 14.1. The summed E-state index contributed by atoms with van der Waals surface area (Å²) >= 11 is 0. The van der Waals surface area contributed by atoms with Crippen LogP contribution in [-0.4, -0.2) is 34.1 Å². The van der Waals surface area contributed by atoms with Gasteiger partial charge in [-0.2, -0.15) is 0 Å². The lowest BCUT2D eigenvalue weighted by Crippen LogP contribution is -2.32. The van der Waals surface area contributed by atoms with Crippen LogP contribution in [0.25, 0.3) is 17.0 Å². The molecular formula is C36H34N2O4. The Balaban J connectivity index is 1.24. The number of benzene rings is 4. The molecule has 0 radical (unpaired) electrons. The zero-order chi connectivity index (χ0) is 29.5. The van der Waals surface area contributed by atoms with E-state index in [0.717, 1.165) is 11.3 Å². The first kappa shape index (κ1) is 28.4. The molecule has 2 N–H and O–H groups in total. The maximum atomic E-state index is 13.1. The molecule has 5 rings (SSSR count). The molecule has 0 aliphatic rings. The topological polar surface area (TPSA) is 80.6 Å². The van der Waals surface area contributed by atoms with Gasteiger partial charge in [0, 0.05) is 45.4 Å². The maximum absolute atomic E-state index is 13.1. The van der Waals surface area contributed by atoms with Gasteiger partial charge in [0.05, 0.1) is 6.54 Å². The molecule has 6 heteroatoms. The van der Waals surface area contributed by atoms with Gasteiger partial charge in [-0.15, -0.1) is 0 Å². The molecule has 0 fully saturated rings. The van der Waals surface area contributed by atoms with Crippen molar-refractivity contribution < 1.29 is 19.4 Å². The highest BCUT2D eigenvalue weighted by molar-refractivity contribution is 6.12. The SMILES string of the molecule is C/C=C\c1c(C)n(CCOc2ccc(CC(Nc3ccccc3C(=O)c3ccccc3)C(=O)O)cc2)c2ccccc12. The fourth-order valence-corrected chi connectivity index (χ4v) is 5.27. The predicted octanol–water partition coefficient (Wildman–Crippen LogP) is 7.40. The van der Waals surface area contributed by atoms with Crippen molar-refractivity contribution in [1.82, 2.24) is 4.57 Å². The molecule has 1 aromatic heterocycles. The van der Waals surface area contributed by atoms with Crippen LogP contribution < -0.4 is 10.1 Å². The number of aliphatic carboxylic acids is 1. The van der Waals surface area contributed by atoms with Crippen molar-refractivity contribution in [2.24, 2.45) is 0 Å². The molecule has 5 aromatic rings. The number of allylic oxidation sites excluding steroid dienone is 1. The van der Waals surface area contributed by atoms with E-state index in [-0.39, 0.29) is 12.2 Å². The molecular weight excluding hydrogens is 524 g/mol. The third-order valence-corrected chi connectivity index (χ3v) is 7.40. The average Bonchev–Trinajstić information content (AvgIpc) is 3.28. The highest BCUT2D eigenvalue weighted by atomic mass is 16.5. The summed E-state index contributed by atoms with van der Waals surface area (Å²) in [6, 6.07) is 30.9. The van der Waals surface area contributed by atoms with Crippen molar-refractivity contribution in [3.8, 4) is 5.75 Å². The number of hydrogen-bond donors (Lipinski definition) is 2. The summed E-state index contributed by atoms with van der Waals surface area (Å²) in [7, 11) is 0. The number of carbonyl (C=O) groups is 2. The summed E-state index contributed by atoms with van der Waals surface area (Å²) in [5.41, 5.74) is 5.93. The third-order valence-electron chi connectivity index (χ3n) is 7.40. The Labute approximate surface area is 245 Å². The van der Waals surface area contributed by atoms with E-state index in [1.54, 1.807) is 48.5 Å². The third kappa shape index (κ3) is 6.28. The van der Waals surface area contributed by atoms with Gasteiger partial charge in [-0.3, -0.25) is 4.79 Å². The maximum Gasteiger partial charge on any atom is 0.326 e. The first-order chi connectivity index (χ1) is 20.5. The second-order valence-corrected chi connectivity index (χ2v) is 10.1. The molecule has 4 aromatic carbocycles. The van der Waals surface area contributed by atoms with E-state index in [1.165, 1.54) is 22.2 Å². The van der Waals surface area contributed by atoms with E-state index in [0.29, 0.717) is 30.0 Å². The minimum absolute atomic E-state index is 0.162. The predicted molar refractivity (Wildman–Crippen MR) is 168 cm³/mol. The first-order valence-electron chi connectivity index (χ1n) is 14.1. The van der Waals surface area contributed by atoms with Crippen molar-refractivity contribution in [3.63, 3.8) is 0 Å². The number of ether oxygens (including phenoxy) is 1. The number of nitrogens with zero attached hydrogens (tertiary/aromatic N) is 1. The Morgan fingerprint density at radius 1 is 0.905 bits per heavy atom. The quantitative estimate of drug-likeness (QED) is 0.156. The lowest BCUT2D eigenvalue weighted by atomic mass is 10.00. The van der Waals surface area contributed by atoms with Gasteiger partial charge >= 0.3 is 5.97 Å². The molecule has 0 saturated heterocycles. The summed E-state index contributed by atoms with van der Waals surface area (Å²) < 4.78 is 8.34. The standard InChI is InChI=1S/C36H34N2O4/c1-3-11-29-25(2)38(34-17-10-8-14-30(29)34)22-23-42-28-20-18-26(19-21-28)24-33(36(40)41)37-32-16-9-7-15-31(32)35(39)27-12-5-4-6-13-27/h3-21,33,37H,22-24H2,1-2H3,(H,40,41)/b11-3-. The van der Waals surface area contributed by atoms with Crippen molar-refractivity contribution in [1.29, 1.82) is 0 Å². The van der Waals surface area contributed by atoms with Crippen LogP contribution in [0, 0.1) is 6.92 Å². The number of para-hydroxylation sites is 2. The van der Waals surface area contributed by atoms with Gasteiger partial charge in [-0.05, 0) is 49.7 Å². The van der Waals surface area contributed by atoms with Gasteiger partial charge in [0.1, 0.15) is 18.4 Å². The molecule has 1 unspecified atom stereocenters. The number of fused-ring (bicyclic) bond motifs is 1. The number of rotatable bonds is 12. The fraction of sp³-hybridized carbons (Fsp3) is 0.167. The van der Waals surface area contributed by atoms with Crippen LogP contribution in [0.1, 0.15) is 39.7 Å². The Morgan fingerprint density at radius 3 is 2.33 bits per heavy atom. The number of carbonyl (C=O) groups excluding carboxylic acids is 1. The van der Waals surface area contributed by atoms with Crippen molar-refractivity contribution in [2.45, 2.75) is 32.9 Å². The molecule has 1 heterocycles. The number of aromatic nitrogens is 1. The van der Waals surface area contributed by atoms with Crippen LogP contribution in [0.15, 0.2) is 109 Å². The number of ketones is 1. The molecule has 0 saturated carbocycles. The Bertz CT molecular complexity index is 1720. The molecule has 0 aliphatic carbocycles. The molecule has 0 bridgehead atoms. The molecule has 212 valence electrons. The smallest absolute Gasteiger partial charge is 0.326 e. The lowest BCUT2D eigenvalue weighted by molar-refractivity contribution is -0.137. The second kappa shape index (κ2) is 13.0. The number of hydrogen-bond acceptors (Lipinski definition) is 4. The van der Waals surface area contributed by atoms with Gasteiger partial charge in [-0.1, -0.05) is 84.9 Å². The van der Waals surface area contributed by atoms with E-state index in [9.17, 15) is 14.7 Å². The number of nitrogens with one attached hydrogen (secondary N) is 1. The molecule has 0 amide bonds. The van der Waals surface area contributed by atoms with Crippen LogP contribution in [0.5, 0.6) is 5.75 Å². The van der Waals surface area contributed by atoms with Gasteiger partial charge < -0.3 is 19.7 Å². The van der Waals surface area contributed by atoms with E-state index >= 15 is 0 Å². The van der Waals surface area contributed by atoms with Crippen molar-refractivity contribution in [3.05, 3.63) is 137 Å². The van der Waals surface area contributed by atoms with Crippen molar-refractivity contribution >= 4 is 34.4 Å². The Hall–Kier alpha value is -5.10. The van der Waals surface area contributed by atoms with E-state index in [4.69, 9.17) is 4.74 Å². The zero-order valence-corrected chi connectivity index (χ0v) is 23.8. The molecule has 0 aliphatic heterocycles. The number of carboxylic acid groups (broad SMARTS) is 1. The lowest BCUT2D eigenvalue weighted by Gasteiger charge is -2.18. The monoisotopic (exact) mass is 558 g/mol. The molecule has 42 heavy (non-hydrogen) atoms. The molecule has 6 nitrogen and oxygen atoms in total. The normalized spacial score (nSPS) is 12.0. The number of carboxylic acids is 1. The summed E-state index contributed by atoms with van der Waals surface area (Å²) in [4.78, 5) is 25.3. The van der Waals surface area contributed by atoms with Crippen LogP contribution in [-0.2, 0) is 17.8 Å². The largest absolute Gasteiger partial charge is 0.492 e. The number of anilines is 1. The van der Waals surface area contributed by atoms with Gasteiger partial charge in [0.25, 0.3) is 0 Å². The van der Waals surface area contributed by atoms with Crippen LogP contribution in [0.2, 0.25) is 0 Å². The highest BCUT2D eigenvalue weighted by Gasteiger charge is 2.21. The Morgan fingerprint density at radius 2 is 1.60 bits per heavy atom. The fourth-order valence-electron chi connectivity index (χ4n) is 5.27. The van der Waals surface area contributed by atoms with Crippen LogP contribution in [0.3, 0.4) is 0 Å².